The molecule has 0 aromatic carbocycles. The molecule has 0 spiro atoms. The normalized spacial score (nSPS) is 23.8. The SMILES string of the molecule is CCCNC1CCCCCC1Cc1c(Br)c(C)nn1C. The Bertz CT molecular complexity index is 428. The smallest absolute Gasteiger partial charge is 0.0738 e. The molecule has 0 bridgehead atoms. The fourth-order valence-corrected chi connectivity index (χ4v) is 3.88. The molecular weight excluding hydrogens is 314 g/mol. The van der Waals surface area contributed by atoms with Crippen LogP contribution in [0.5, 0.6) is 0 Å². The highest BCUT2D eigenvalue weighted by Gasteiger charge is 2.25. The molecule has 1 aliphatic rings. The lowest BCUT2D eigenvalue weighted by molar-refractivity contribution is 0.327. The summed E-state index contributed by atoms with van der Waals surface area (Å²) < 4.78 is 3.26. The molecule has 2 rings (SSSR count). The third-order valence-electron chi connectivity index (χ3n) is 4.53. The molecule has 0 saturated heterocycles. The Kier molecular flexibility index (Phi) is 6.09. The van der Waals surface area contributed by atoms with Gasteiger partial charge in [-0.1, -0.05) is 26.2 Å². The minimum absolute atomic E-state index is 0.680. The van der Waals surface area contributed by atoms with Gasteiger partial charge >= 0.3 is 0 Å². The molecule has 2 atom stereocenters. The molecule has 2 unspecified atom stereocenters. The summed E-state index contributed by atoms with van der Waals surface area (Å²) in [5, 5.41) is 8.32. The van der Waals surface area contributed by atoms with Crippen molar-refractivity contribution >= 4 is 15.9 Å². The molecule has 3 nitrogen and oxygen atoms in total. The molecule has 4 heteroatoms. The van der Waals surface area contributed by atoms with E-state index < -0.39 is 0 Å². The monoisotopic (exact) mass is 341 g/mol. The summed E-state index contributed by atoms with van der Waals surface area (Å²) in [7, 11) is 2.07. The Hall–Kier alpha value is -0.350. The topological polar surface area (TPSA) is 29.9 Å². The molecule has 1 aliphatic carbocycles. The Labute approximate surface area is 131 Å². The zero-order valence-electron chi connectivity index (χ0n) is 13.1. The number of halogens is 1. The van der Waals surface area contributed by atoms with Gasteiger partial charge < -0.3 is 5.32 Å². The van der Waals surface area contributed by atoms with Crippen LogP contribution in [0, 0.1) is 12.8 Å². The predicted molar refractivity (Wildman–Crippen MR) is 88.0 cm³/mol. The molecule has 1 fully saturated rings. The number of aromatic nitrogens is 2. The van der Waals surface area contributed by atoms with Gasteiger partial charge in [-0.3, -0.25) is 4.68 Å². The molecule has 0 aliphatic heterocycles. The summed E-state index contributed by atoms with van der Waals surface area (Å²) in [6, 6.07) is 0.680. The van der Waals surface area contributed by atoms with E-state index in [1.165, 1.54) is 48.7 Å². The Morgan fingerprint density at radius 3 is 2.70 bits per heavy atom. The van der Waals surface area contributed by atoms with Crippen molar-refractivity contribution in [3.8, 4) is 0 Å². The largest absolute Gasteiger partial charge is 0.314 e. The van der Waals surface area contributed by atoms with Crippen LogP contribution < -0.4 is 5.32 Å². The quantitative estimate of drug-likeness (QED) is 0.820. The number of hydrogen-bond acceptors (Lipinski definition) is 2. The van der Waals surface area contributed by atoms with Crippen molar-refractivity contribution in [3.63, 3.8) is 0 Å². The Balaban J connectivity index is 2.10. The highest BCUT2D eigenvalue weighted by molar-refractivity contribution is 9.10. The van der Waals surface area contributed by atoms with E-state index in [2.05, 4.69) is 51.9 Å². The molecule has 114 valence electrons. The van der Waals surface area contributed by atoms with Crippen molar-refractivity contribution in [2.45, 2.75) is 64.8 Å². The average Bonchev–Trinajstić information content (AvgIpc) is 2.62. The first-order valence-corrected chi connectivity index (χ1v) is 8.84. The maximum absolute atomic E-state index is 4.54. The predicted octanol–water partition coefficient (Wildman–Crippen LogP) is 3.98. The van der Waals surface area contributed by atoms with Crippen LogP contribution in [0.15, 0.2) is 4.47 Å². The number of aryl methyl sites for hydroxylation is 2. The zero-order valence-corrected chi connectivity index (χ0v) is 14.7. The molecular formula is C16H28BrN3. The third-order valence-corrected chi connectivity index (χ3v) is 5.56. The highest BCUT2D eigenvalue weighted by atomic mass is 79.9. The lowest BCUT2D eigenvalue weighted by Crippen LogP contribution is -2.37. The summed E-state index contributed by atoms with van der Waals surface area (Å²) in [6.07, 6.45) is 9.19. The molecule has 0 radical (unpaired) electrons. The first-order chi connectivity index (χ1) is 9.63. The summed E-state index contributed by atoms with van der Waals surface area (Å²) in [5.74, 6) is 0.746. The minimum Gasteiger partial charge on any atom is -0.314 e. The lowest BCUT2D eigenvalue weighted by atomic mass is 9.90. The Morgan fingerprint density at radius 1 is 1.30 bits per heavy atom. The third kappa shape index (κ3) is 3.85. The van der Waals surface area contributed by atoms with E-state index in [-0.39, 0.29) is 0 Å². The van der Waals surface area contributed by atoms with Gasteiger partial charge in [0, 0.05) is 13.1 Å². The van der Waals surface area contributed by atoms with E-state index in [1.54, 1.807) is 0 Å². The van der Waals surface area contributed by atoms with Gasteiger partial charge in [-0.15, -0.1) is 0 Å². The van der Waals surface area contributed by atoms with E-state index in [0.717, 1.165) is 24.6 Å². The van der Waals surface area contributed by atoms with Crippen LogP contribution in [0.3, 0.4) is 0 Å². The van der Waals surface area contributed by atoms with Crippen molar-refractivity contribution < 1.29 is 0 Å². The number of hydrogen-bond donors (Lipinski definition) is 1. The highest BCUT2D eigenvalue weighted by Crippen LogP contribution is 2.30. The van der Waals surface area contributed by atoms with Gasteiger partial charge in [0.25, 0.3) is 0 Å². The first-order valence-electron chi connectivity index (χ1n) is 8.04. The summed E-state index contributed by atoms with van der Waals surface area (Å²) in [4.78, 5) is 0. The van der Waals surface area contributed by atoms with Crippen LogP contribution >= 0.6 is 15.9 Å². The second-order valence-corrected chi connectivity index (χ2v) is 6.93. The molecule has 1 N–H and O–H groups in total. The molecule has 1 saturated carbocycles. The van der Waals surface area contributed by atoms with Crippen molar-refractivity contribution in [1.82, 2.24) is 15.1 Å². The standard InChI is InChI=1S/C16H28BrN3/c1-4-10-18-14-9-7-5-6-8-13(14)11-15-16(17)12(2)19-20(15)3/h13-14,18H,4-11H2,1-3H3. The van der Waals surface area contributed by atoms with Crippen molar-refractivity contribution in [3.05, 3.63) is 15.9 Å². The van der Waals surface area contributed by atoms with Gasteiger partial charge in [0.1, 0.15) is 0 Å². The van der Waals surface area contributed by atoms with Gasteiger partial charge in [-0.25, -0.2) is 0 Å². The first kappa shape index (κ1) is 16.0. The van der Waals surface area contributed by atoms with E-state index in [9.17, 15) is 0 Å². The molecule has 1 heterocycles. The van der Waals surface area contributed by atoms with Crippen LogP contribution in [-0.4, -0.2) is 22.4 Å². The zero-order chi connectivity index (χ0) is 14.5. The number of nitrogens with one attached hydrogen (secondary N) is 1. The van der Waals surface area contributed by atoms with E-state index in [0.29, 0.717) is 6.04 Å². The van der Waals surface area contributed by atoms with Crippen LogP contribution in [-0.2, 0) is 13.5 Å². The maximum atomic E-state index is 4.54. The van der Waals surface area contributed by atoms with Crippen LogP contribution in [0.1, 0.15) is 56.8 Å². The second-order valence-electron chi connectivity index (χ2n) is 6.13. The fourth-order valence-electron chi connectivity index (χ4n) is 3.38. The van der Waals surface area contributed by atoms with Gasteiger partial charge in [-0.05, 0) is 61.0 Å². The lowest BCUT2D eigenvalue weighted by Gasteiger charge is -2.26. The van der Waals surface area contributed by atoms with Crippen molar-refractivity contribution in [2.75, 3.05) is 6.54 Å². The maximum Gasteiger partial charge on any atom is 0.0738 e. The van der Waals surface area contributed by atoms with Gasteiger partial charge in [-0.2, -0.15) is 5.10 Å². The van der Waals surface area contributed by atoms with Crippen LogP contribution in [0.25, 0.3) is 0 Å². The van der Waals surface area contributed by atoms with Gasteiger partial charge in [0.15, 0.2) is 0 Å². The molecule has 20 heavy (non-hydrogen) atoms. The number of rotatable bonds is 5. The summed E-state index contributed by atoms with van der Waals surface area (Å²) >= 11 is 3.72. The number of nitrogens with zero attached hydrogens (tertiary/aromatic N) is 2. The van der Waals surface area contributed by atoms with Crippen molar-refractivity contribution in [1.29, 1.82) is 0 Å². The van der Waals surface area contributed by atoms with Gasteiger partial charge in [0.05, 0.1) is 15.9 Å². The summed E-state index contributed by atoms with van der Waals surface area (Å²) in [5.41, 5.74) is 2.46. The van der Waals surface area contributed by atoms with Crippen LogP contribution in [0.2, 0.25) is 0 Å². The minimum atomic E-state index is 0.680. The van der Waals surface area contributed by atoms with Gasteiger partial charge in [0.2, 0.25) is 0 Å². The Morgan fingerprint density at radius 2 is 2.05 bits per heavy atom. The molecule has 1 aromatic rings. The van der Waals surface area contributed by atoms with E-state index >= 15 is 0 Å². The average molecular weight is 342 g/mol. The van der Waals surface area contributed by atoms with E-state index in [4.69, 9.17) is 0 Å². The van der Waals surface area contributed by atoms with Crippen LogP contribution in [0.4, 0.5) is 0 Å². The second kappa shape index (κ2) is 7.60. The summed E-state index contributed by atoms with van der Waals surface area (Å²) in [6.45, 7) is 5.47. The molecule has 0 amide bonds. The van der Waals surface area contributed by atoms with E-state index in [1.807, 2.05) is 0 Å². The van der Waals surface area contributed by atoms with Crippen molar-refractivity contribution in [2.24, 2.45) is 13.0 Å². The molecule has 1 aromatic heterocycles. The fraction of sp³-hybridized carbons (Fsp3) is 0.812.